The van der Waals surface area contributed by atoms with Crippen LogP contribution in [0.5, 0.6) is 5.75 Å². The van der Waals surface area contributed by atoms with Gasteiger partial charge >= 0.3 is 5.97 Å². The van der Waals surface area contributed by atoms with Gasteiger partial charge in [0.05, 0.1) is 18.2 Å². The highest BCUT2D eigenvalue weighted by Gasteiger charge is 2.13. The maximum atomic E-state index is 12.0. The highest BCUT2D eigenvalue weighted by Crippen LogP contribution is 2.31. The van der Waals surface area contributed by atoms with Crippen LogP contribution in [0.2, 0.25) is 0 Å². The van der Waals surface area contributed by atoms with E-state index in [1.54, 1.807) is 12.1 Å². The number of hydrogen-bond donors (Lipinski definition) is 1. The lowest BCUT2D eigenvalue weighted by Crippen LogP contribution is -2.03. The van der Waals surface area contributed by atoms with Gasteiger partial charge in [-0.25, -0.2) is 9.89 Å². The molecule has 0 radical (unpaired) electrons. The zero-order valence-corrected chi connectivity index (χ0v) is 20.6. The summed E-state index contributed by atoms with van der Waals surface area (Å²) in [4.78, 5) is 16.7. The van der Waals surface area contributed by atoms with Crippen molar-refractivity contribution in [3.8, 4) is 28.3 Å². The molecule has 0 aliphatic heterocycles. The van der Waals surface area contributed by atoms with E-state index in [2.05, 4.69) is 37.7 Å². The first-order chi connectivity index (χ1) is 17.2. The van der Waals surface area contributed by atoms with Crippen LogP contribution < -0.4 is 4.74 Å². The van der Waals surface area contributed by atoms with E-state index in [0.29, 0.717) is 23.7 Å². The number of H-pyrrole nitrogens is 1. The molecule has 0 bridgehead atoms. The summed E-state index contributed by atoms with van der Waals surface area (Å²) in [7, 11) is 1.37. The number of pyridine rings is 1. The van der Waals surface area contributed by atoms with Gasteiger partial charge in [0.1, 0.15) is 12.4 Å². The number of aromatic amines is 1. The number of rotatable bonds is 7. The molecule has 8 nitrogen and oxygen atoms in total. The van der Waals surface area contributed by atoms with Crippen molar-refractivity contribution in [2.24, 2.45) is 0 Å². The molecule has 0 aliphatic rings. The number of nitrogens with one attached hydrogen (secondary N) is 1. The van der Waals surface area contributed by atoms with E-state index >= 15 is 0 Å². The number of aromatic nitrogens is 5. The Hall–Kier alpha value is -4.30. The van der Waals surface area contributed by atoms with Gasteiger partial charge in [0.25, 0.3) is 0 Å². The second-order valence-corrected chi connectivity index (χ2v) is 7.97. The molecule has 0 saturated carbocycles. The fourth-order valence-corrected chi connectivity index (χ4v) is 3.95. The molecule has 5 aromatic rings. The number of hydrogen-bond acceptors (Lipinski definition) is 7. The Balaban J connectivity index is 0.00000304. The topological polar surface area (TPSA) is 103 Å². The summed E-state index contributed by atoms with van der Waals surface area (Å²) in [5.41, 5.74) is 6.18. The smallest absolute Gasteiger partial charge is 0.337 e. The molecule has 0 spiro atoms. The van der Waals surface area contributed by atoms with Gasteiger partial charge in [-0.15, -0.1) is 17.5 Å². The molecule has 0 amide bonds. The lowest BCUT2D eigenvalue weighted by atomic mass is 9.98. The SMILES string of the molecule is CCc1cc(OCc2ccc(-c3ccccc3-c3nnn[nH]3)cc2)c2cc(C(=O)OC)ccc2n1.Cl. The first-order valence-corrected chi connectivity index (χ1v) is 11.2. The van der Waals surface area contributed by atoms with E-state index in [1.807, 2.05) is 55.5 Å². The van der Waals surface area contributed by atoms with Crippen LogP contribution >= 0.6 is 12.4 Å². The summed E-state index contributed by atoms with van der Waals surface area (Å²) in [5, 5.41) is 15.0. The summed E-state index contributed by atoms with van der Waals surface area (Å²) in [6.07, 6.45) is 0.778. The van der Waals surface area contributed by atoms with E-state index in [1.165, 1.54) is 7.11 Å². The number of tetrazole rings is 1. The number of fused-ring (bicyclic) bond motifs is 1. The lowest BCUT2D eigenvalue weighted by Gasteiger charge is -2.13. The quantitative estimate of drug-likeness (QED) is 0.296. The van der Waals surface area contributed by atoms with Crippen LogP contribution in [0.1, 0.15) is 28.5 Å². The van der Waals surface area contributed by atoms with Crippen LogP contribution in [-0.2, 0) is 17.8 Å². The molecule has 3 aromatic carbocycles. The number of carbonyl (C=O) groups is 1. The van der Waals surface area contributed by atoms with E-state index in [0.717, 1.165) is 45.3 Å². The molecule has 9 heteroatoms. The lowest BCUT2D eigenvalue weighted by molar-refractivity contribution is 0.0601. The Morgan fingerprint density at radius 1 is 0.972 bits per heavy atom. The van der Waals surface area contributed by atoms with Crippen LogP contribution in [0.25, 0.3) is 33.4 Å². The van der Waals surface area contributed by atoms with Crippen molar-refractivity contribution in [3.05, 3.63) is 89.6 Å². The van der Waals surface area contributed by atoms with Gasteiger partial charge in [0.15, 0.2) is 5.82 Å². The first kappa shape index (κ1) is 24.8. The number of benzene rings is 3. The molecule has 36 heavy (non-hydrogen) atoms. The molecule has 5 rings (SSSR count). The molecule has 2 heterocycles. The Kier molecular flexibility index (Phi) is 7.56. The van der Waals surface area contributed by atoms with Gasteiger partial charge in [-0.2, -0.15) is 0 Å². The van der Waals surface area contributed by atoms with Crippen LogP contribution in [-0.4, -0.2) is 38.7 Å². The second kappa shape index (κ2) is 11.0. The summed E-state index contributed by atoms with van der Waals surface area (Å²) < 4.78 is 11.1. The van der Waals surface area contributed by atoms with Crippen LogP contribution in [0.3, 0.4) is 0 Å². The fraction of sp³-hybridized carbons (Fsp3) is 0.148. The first-order valence-electron chi connectivity index (χ1n) is 11.2. The standard InChI is InChI=1S/C27H23N5O3.ClH/c1-3-20-15-25(23-14-19(27(33)34-2)12-13-24(23)28-20)35-16-17-8-10-18(11-9-17)21-6-4-5-7-22(21)26-29-31-32-30-26;/h4-15H,3,16H2,1-2H3,(H,29,30,31,32);1H. The van der Waals surface area contributed by atoms with Crippen LogP contribution in [0, 0.1) is 0 Å². The van der Waals surface area contributed by atoms with Crippen molar-refractivity contribution in [2.75, 3.05) is 7.11 Å². The number of aryl methyl sites for hydroxylation is 1. The summed E-state index contributed by atoms with van der Waals surface area (Å²) in [5.74, 6) is 0.912. The molecule has 0 unspecified atom stereocenters. The van der Waals surface area contributed by atoms with E-state index < -0.39 is 5.97 Å². The van der Waals surface area contributed by atoms with Gasteiger partial charge in [-0.3, -0.25) is 4.98 Å². The molecule has 0 atom stereocenters. The van der Waals surface area contributed by atoms with Crippen molar-refractivity contribution < 1.29 is 14.3 Å². The highest BCUT2D eigenvalue weighted by atomic mass is 35.5. The number of nitrogens with zero attached hydrogens (tertiary/aromatic N) is 4. The Morgan fingerprint density at radius 3 is 2.44 bits per heavy atom. The molecule has 0 aliphatic carbocycles. The maximum Gasteiger partial charge on any atom is 0.337 e. The minimum atomic E-state index is -0.394. The Bertz CT molecular complexity index is 1490. The monoisotopic (exact) mass is 501 g/mol. The van der Waals surface area contributed by atoms with Gasteiger partial charge in [-0.1, -0.05) is 55.5 Å². The van der Waals surface area contributed by atoms with Gasteiger partial charge < -0.3 is 9.47 Å². The van der Waals surface area contributed by atoms with Crippen molar-refractivity contribution in [1.82, 2.24) is 25.6 Å². The third-order valence-corrected chi connectivity index (χ3v) is 5.79. The molecule has 2 aromatic heterocycles. The minimum Gasteiger partial charge on any atom is -0.488 e. The highest BCUT2D eigenvalue weighted by molar-refractivity contribution is 5.96. The van der Waals surface area contributed by atoms with E-state index in [4.69, 9.17) is 9.47 Å². The zero-order valence-electron chi connectivity index (χ0n) is 19.8. The van der Waals surface area contributed by atoms with Crippen molar-refractivity contribution in [2.45, 2.75) is 20.0 Å². The minimum absolute atomic E-state index is 0. The van der Waals surface area contributed by atoms with E-state index in [-0.39, 0.29) is 12.4 Å². The number of carbonyl (C=O) groups excluding carboxylic acids is 1. The Morgan fingerprint density at radius 2 is 1.75 bits per heavy atom. The van der Waals surface area contributed by atoms with Crippen LogP contribution in [0.4, 0.5) is 0 Å². The van der Waals surface area contributed by atoms with Crippen molar-refractivity contribution in [3.63, 3.8) is 0 Å². The third kappa shape index (κ3) is 5.04. The zero-order chi connectivity index (χ0) is 24.2. The van der Waals surface area contributed by atoms with Gasteiger partial charge in [0, 0.05) is 22.7 Å². The molecule has 0 saturated heterocycles. The average Bonchev–Trinajstić information content (AvgIpc) is 3.46. The predicted molar refractivity (Wildman–Crippen MR) is 139 cm³/mol. The molecular formula is C27H24ClN5O3. The van der Waals surface area contributed by atoms with Crippen molar-refractivity contribution in [1.29, 1.82) is 0 Å². The molecule has 0 fully saturated rings. The second-order valence-electron chi connectivity index (χ2n) is 7.97. The molecular weight excluding hydrogens is 478 g/mol. The van der Waals surface area contributed by atoms with Gasteiger partial charge in [0.2, 0.25) is 0 Å². The number of halogens is 1. The van der Waals surface area contributed by atoms with Crippen LogP contribution in [0.15, 0.2) is 72.8 Å². The average molecular weight is 502 g/mol. The number of ether oxygens (including phenoxy) is 2. The molecule has 182 valence electrons. The summed E-state index contributed by atoms with van der Waals surface area (Å²) in [6, 6.07) is 23.4. The maximum absolute atomic E-state index is 12.0. The Labute approximate surface area is 214 Å². The third-order valence-electron chi connectivity index (χ3n) is 5.79. The van der Waals surface area contributed by atoms with E-state index in [9.17, 15) is 4.79 Å². The predicted octanol–water partition coefficient (Wildman–Crippen LogP) is 5.43. The summed E-state index contributed by atoms with van der Waals surface area (Å²) in [6.45, 7) is 2.42. The number of methoxy groups -OCH3 is 1. The normalized spacial score (nSPS) is 10.6. The largest absolute Gasteiger partial charge is 0.488 e. The number of esters is 1. The van der Waals surface area contributed by atoms with Crippen molar-refractivity contribution >= 4 is 29.3 Å². The summed E-state index contributed by atoms with van der Waals surface area (Å²) >= 11 is 0. The van der Waals surface area contributed by atoms with Gasteiger partial charge in [-0.05, 0) is 51.7 Å². The molecule has 1 N–H and O–H groups in total. The fourth-order valence-electron chi connectivity index (χ4n) is 3.95.